The predicted octanol–water partition coefficient (Wildman–Crippen LogP) is 13.6. The van der Waals surface area contributed by atoms with E-state index >= 15 is 0 Å². The highest BCUT2D eigenvalue weighted by Gasteiger charge is 2.52. The first-order chi connectivity index (χ1) is 40.1. The van der Waals surface area contributed by atoms with Gasteiger partial charge in [-0.1, -0.05) is 114 Å². The normalized spacial score (nSPS) is 17.1. The summed E-state index contributed by atoms with van der Waals surface area (Å²) >= 11 is 0. The Kier molecular flexibility index (Phi) is 22.5. The van der Waals surface area contributed by atoms with Gasteiger partial charge in [-0.2, -0.15) is 5.26 Å². The topological polar surface area (TPSA) is 209 Å². The van der Waals surface area contributed by atoms with E-state index in [9.17, 15) is 14.9 Å². The molecule has 7 rings (SSSR count). The Hall–Kier alpha value is -6.53. The van der Waals surface area contributed by atoms with E-state index in [2.05, 4.69) is 62.6 Å². The molecule has 452 valence electrons. The van der Waals surface area contributed by atoms with Crippen LogP contribution in [-0.4, -0.2) is 109 Å². The van der Waals surface area contributed by atoms with Gasteiger partial charge in [-0.25, -0.2) is 24.4 Å². The van der Waals surface area contributed by atoms with E-state index < -0.39 is 71.3 Å². The zero-order valence-corrected chi connectivity index (χ0v) is 53.1. The molecule has 1 aliphatic heterocycles. The van der Waals surface area contributed by atoms with Crippen LogP contribution in [0.5, 0.6) is 17.2 Å². The van der Waals surface area contributed by atoms with Gasteiger partial charge in [0.2, 0.25) is 0 Å². The molecule has 84 heavy (non-hydrogen) atoms. The number of nitriles is 1. The van der Waals surface area contributed by atoms with Crippen molar-refractivity contribution in [2.24, 2.45) is 5.41 Å². The standard InChI is InChI=1S/C63H84N7O12PSi/c1-41(2)70(42(3)4)83(79-35-21-34-64)81-55-53(37-78-63(47-23-17-16-18-24-47,48-26-30-50(73-14)31-27-48)49-28-32-51(74-15)33-29-49)80-59(56(55)76-40-77-60(71)62(11,12)13)69-39-67-54-57(65-38-66-58(54)69)68-61(72)75-36-46-22-19-20-25-52(46)82-84(43(5)6,44(7)8)45(9)10/h16-20,22-33,38-39,41-45,53,55-56,59H,21,35-37,40H2,1-15H3,(H,65,66,68,72)/t53-,55-,56-,59-,83?/m1/s1. The summed E-state index contributed by atoms with van der Waals surface area (Å²) in [5.41, 5.74) is 2.42. The summed E-state index contributed by atoms with van der Waals surface area (Å²) in [5.74, 6) is 1.59. The predicted molar refractivity (Wildman–Crippen MR) is 325 cm³/mol. The van der Waals surface area contributed by atoms with E-state index in [-0.39, 0.29) is 55.3 Å². The lowest BCUT2D eigenvalue weighted by Crippen LogP contribution is -2.50. The number of hydrogen-bond donors (Lipinski definition) is 1. The first kappa shape index (κ1) is 65.0. The highest BCUT2D eigenvalue weighted by molar-refractivity contribution is 7.44. The van der Waals surface area contributed by atoms with E-state index in [1.54, 1.807) is 39.6 Å². The lowest BCUT2D eigenvalue weighted by Gasteiger charge is -2.42. The number of para-hydroxylation sites is 1. The number of fused-ring (bicyclic) bond motifs is 1. The van der Waals surface area contributed by atoms with Gasteiger partial charge in [0.25, 0.3) is 16.8 Å². The number of carbonyl (C=O) groups is 2. The monoisotopic (exact) mass is 1190 g/mol. The highest BCUT2D eigenvalue weighted by Crippen LogP contribution is 2.52. The van der Waals surface area contributed by atoms with Gasteiger partial charge in [-0.3, -0.25) is 14.7 Å². The third-order valence-electron chi connectivity index (χ3n) is 15.0. The summed E-state index contributed by atoms with van der Waals surface area (Å²) in [4.78, 5) is 41.1. The molecule has 4 aromatic carbocycles. The molecule has 21 heteroatoms. The van der Waals surface area contributed by atoms with Gasteiger partial charge < -0.3 is 46.6 Å². The van der Waals surface area contributed by atoms with Crippen molar-refractivity contribution < 1.29 is 56.2 Å². The Bertz CT molecular complexity index is 3040. The summed E-state index contributed by atoms with van der Waals surface area (Å²) in [7, 11) is -1.07. The van der Waals surface area contributed by atoms with Crippen LogP contribution in [0.2, 0.25) is 16.6 Å². The maximum Gasteiger partial charge on any atom is 0.413 e. The number of nitrogens with one attached hydrogen (secondary N) is 1. The minimum Gasteiger partial charge on any atom is -0.542 e. The minimum absolute atomic E-state index is 0.0701. The molecule has 6 aromatic rings. The smallest absolute Gasteiger partial charge is 0.413 e. The molecule has 0 saturated carbocycles. The van der Waals surface area contributed by atoms with Crippen molar-refractivity contribution in [1.29, 1.82) is 5.26 Å². The van der Waals surface area contributed by atoms with E-state index in [4.69, 9.17) is 56.6 Å². The second kappa shape index (κ2) is 29.0. The first-order valence-electron chi connectivity index (χ1n) is 28.7. The Labute approximate surface area is 497 Å². The molecule has 0 bridgehead atoms. The molecule has 19 nitrogen and oxygen atoms in total. The van der Waals surface area contributed by atoms with Gasteiger partial charge >= 0.3 is 12.1 Å². The molecule has 1 saturated heterocycles. The number of imidazole rings is 1. The maximum atomic E-state index is 13.8. The lowest BCUT2D eigenvalue weighted by molar-refractivity contribution is -0.178. The average molecular weight is 1190 g/mol. The Morgan fingerprint density at radius 3 is 1.90 bits per heavy atom. The minimum atomic E-state index is -2.35. The van der Waals surface area contributed by atoms with E-state index in [0.29, 0.717) is 33.9 Å². The van der Waals surface area contributed by atoms with Gasteiger partial charge in [-0.15, -0.1) is 0 Å². The maximum absolute atomic E-state index is 13.8. The van der Waals surface area contributed by atoms with E-state index in [1.807, 2.05) is 131 Å². The molecule has 1 amide bonds. The van der Waals surface area contributed by atoms with Gasteiger partial charge in [0.05, 0.1) is 51.7 Å². The van der Waals surface area contributed by atoms with Gasteiger partial charge in [0, 0.05) is 17.6 Å². The fourth-order valence-electron chi connectivity index (χ4n) is 11.1. The van der Waals surface area contributed by atoms with Crippen molar-refractivity contribution in [3.63, 3.8) is 0 Å². The van der Waals surface area contributed by atoms with Crippen LogP contribution in [-0.2, 0) is 49.7 Å². The third kappa shape index (κ3) is 14.7. The Morgan fingerprint density at radius 2 is 1.35 bits per heavy atom. The zero-order valence-electron chi connectivity index (χ0n) is 51.2. The number of hydrogen-bond acceptors (Lipinski definition) is 17. The van der Waals surface area contributed by atoms with Crippen molar-refractivity contribution in [2.75, 3.05) is 39.5 Å². The zero-order chi connectivity index (χ0) is 60.9. The number of rotatable bonds is 28. The molecule has 1 fully saturated rings. The summed E-state index contributed by atoms with van der Waals surface area (Å²) in [6.07, 6.45) is -2.05. The second-order valence-electron chi connectivity index (χ2n) is 23.2. The third-order valence-corrected chi connectivity index (χ3v) is 23.2. The number of anilines is 1. The summed E-state index contributed by atoms with van der Waals surface area (Å²) in [6, 6.07) is 35.0. The number of esters is 1. The van der Waals surface area contributed by atoms with Crippen LogP contribution in [0.3, 0.4) is 0 Å². The van der Waals surface area contributed by atoms with E-state index in [0.717, 1.165) is 22.3 Å². The number of methoxy groups -OCH3 is 2. The summed E-state index contributed by atoms with van der Waals surface area (Å²) in [6.45, 7) is 26.2. The van der Waals surface area contributed by atoms with Crippen LogP contribution in [0.1, 0.15) is 125 Å². The van der Waals surface area contributed by atoms with Crippen LogP contribution >= 0.6 is 8.53 Å². The largest absolute Gasteiger partial charge is 0.542 e. The molecule has 0 spiro atoms. The molecule has 1 N–H and O–H groups in total. The quantitative estimate of drug-likeness (QED) is 0.0121. The van der Waals surface area contributed by atoms with Crippen LogP contribution in [0.15, 0.2) is 116 Å². The number of aromatic nitrogens is 4. The van der Waals surface area contributed by atoms with Gasteiger partial charge in [-0.05, 0) is 112 Å². The fourth-order valence-corrected chi connectivity index (χ4v) is 18.2. The van der Waals surface area contributed by atoms with Crippen molar-refractivity contribution in [2.45, 2.75) is 162 Å². The number of carbonyl (C=O) groups excluding carboxylic acids is 2. The second-order valence-corrected chi connectivity index (χ2v) is 30.0. The molecule has 2 aromatic heterocycles. The van der Waals surface area contributed by atoms with Crippen LogP contribution < -0.4 is 19.2 Å². The van der Waals surface area contributed by atoms with Crippen molar-refractivity contribution >= 4 is 45.9 Å². The number of ether oxygens (including phenoxy) is 7. The molecule has 1 aliphatic rings. The molecular formula is C63H84N7O12PSi. The molecule has 0 radical (unpaired) electrons. The van der Waals surface area contributed by atoms with Crippen molar-refractivity contribution in [1.82, 2.24) is 24.2 Å². The number of amides is 1. The lowest BCUT2D eigenvalue weighted by atomic mass is 9.80. The Balaban J connectivity index is 1.31. The Morgan fingerprint density at radius 1 is 0.762 bits per heavy atom. The van der Waals surface area contributed by atoms with Gasteiger partial charge in [0.15, 0.2) is 30.0 Å². The number of nitrogens with zero attached hydrogens (tertiary/aromatic N) is 6. The molecular weight excluding hydrogens is 1110 g/mol. The first-order valence-corrected chi connectivity index (χ1v) is 31.9. The van der Waals surface area contributed by atoms with Crippen LogP contribution in [0.25, 0.3) is 11.2 Å². The summed E-state index contributed by atoms with van der Waals surface area (Å²) < 4.78 is 69.1. The molecule has 1 unspecified atom stereocenters. The highest BCUT2D eigenvalue weighted by atomic mass is 31.2. The van der Waals surface area contributed by atoms with E-state index in [1.165, 1.54) is 12.7 Å². The average Bonchev–Trinajstić information content (AvgIpc) is 1.94. The van der Waals surface area contributed by atoms with Crippen LogP contribution in [0, 0.1) is 16.7 Å². The van der Waals surface area contributed by atoms with Crippen molar-refractivity contribution in [3.8, 4) is 23.3 Å². The molecule has 0 aliphatic carbocycles. The SMILES string of the molecule is COc1ccc(C(OC[C@H]2O[C@@H](n3cnc4c(NC(=O)OCc5ccccc5O[Si](C(C)C)(C(C)C)C(C)C)ncnc43)[C@H](OCOC(=O)C(C)(C)C)[C@@H]2OP(OCCC#N)N(C(C)C)C(C)C)(c2ccccc2)c2ccc(OC)cc2)cc1. The fraction of sp³-hybridized carbons (Fsp3) is 0.492. The van der Waals surface area contributed by atoms with Crippen LogP contribution in [0.4, 0.5) is 10.6 Å². The number of benzene rings is 4. The molecule has 3 heterocycles. The van der Waals surface area contributed by atoms with Gasteiger partial charge in [0.1, 0.15) is 54.1 Å². The van der Waals surface area contributed by atoms with Crippen molar-refractivity contribution in [3.05, 3.63) is 138 Å². The molecule has 5 atom stereocenters. The summed E-state index contributed by atoms with van der Waals surface area (Å²) in [5, 5.41) is 12.5.